The molecule has 1 aromatic rings. The fourth-order valence-corrected chi connectivity index (χ4v) is 3.05. The molecule has 2 fully saturated rings. The monoisotopic (exact) mass is 266 g/mol. The molecule has 0 aliphatic carbocycles. The van der Waals surface area contributed by atoms with Crippen LogP contribution in [0.25, 0.3) is 0 Å². The Balaban J connectivity index is 1.69. The predicted molar refractivity (Wildman–Crippen MR) is 69.8 cm³/mol. The van der Waals surface area contributed by atoms with Crippen molar-refractivity contribution in [2.24, 2.45) is 0 Å². The zero-order valence-electron chi connectivity index (χ0n) is 11.5. The number of hydrogen-bond donors (Lipinski definition) is 1. The highest BCUT2D eigenvalue weighted by Gasteiger charge is 2.39. The third-order valence-corrected chi connectivity index (χ3v) is 4.14. The molecule has 2 aliphatic rings. The van der Waals surface area contributed by atoms with Gasteiger partial charge in [0.05, 0.1) is 18.2 Å². The zero-order chi connectivity index (χ0) is 13.1. The first-order valence-electron chi connectivity index (χ1n) is 7.08. The third kappa shape index (κ3) is 2.80. The van der Waals surface area contributed by atoms with Gasteiger partial charge in [-0.15, -0.1) is 0 Å². The summed E-state index contributed by atoms with van der Waals surface area (Å²) in [4.78, 5) is 4.34. The molecule has 1 spiro atoms. The second kappa shape index (κ2) is 5.56. The predicted octanol–water partition coefficient (Wildman–Crippen LogP) is 0.898. The van der Waals surface area contributed by atoms with Crippen LogP contribution in [0.15, 0.2) is 6.33 Å². The average molecular weight is 266 g/mol. The number of hydrogen-bond acceptors (Lipinski definition) is 5. The van der Waals surface area contributed by atoms with Crippen LogP contribution in [0, 0.1) is 0 Å². The van der Waals surface area contributed by atoms with E-state index in [4.69, 9.17) is 9.47 Å². The van der Waals surface area contributed by atoms with Crippen LogP contribution in [0.3, 0.4) is 0 Å². The molecular weight excluding hydrogens is 244 g/mol. The summed E-state index contributed by atoms with van der Waals surface area (Å²) in [7, 11) is 1.91. The molecule has 1 aromatic heterocycles. The maximum atomic E-state index is 6.06. The van der Waals surface area contributed by atoms with Gasteiger partial charge in [-0.2, -0.15) is 5.10 Å². The fourth-order valence-electron chi connectivity index (χ4n) is 3.05. The van der Waals surface area contributed by atoms with Gasteiger partial charge in [-0.05, 0) is 32.7 Å². The van der Waals surface area contributed by atoms with E-state index in [0.29, 0.717) is 6.04 Å². The van der Waals surface area contributed by atoms with Gasteiger partial charge in [-0.1, -0.05) is 0 Å². The number of aromatic nitrogens is 3. The molecule has 0 radical (unpaired) electrons. The van der Waals surface area contributed by atoms with Crippen LogP contribution in [0.5, 0.6) is 0 Å². The molecule has 0 amide bonds. The van der Waals surface area contributed by atoms with E-state index >= 15 is 0 Å². The van der Waals surface area contributed by atoms with E-state index < -0.39 is 0 Å². The Labute approximate surface area is 113 Å². The smallest absolute Gasteiger partial charge is 0.164 e. The van der Waals surface area contributed by atoms with Gasteiger partial charge in [0.25, 0.3) is 0 Å². The van der Waals surface area contributed by atoms with E-state index in [0.717, 1.165) is 57.9 Å². The molecule has 1 N–H and O–H groups in total. The molecule has 0 bridgehead atoms. The first-order chi connectivity index (χ1) is 9.31. The van der Waals surface area contributed by atoms with Crippen molar-refractivity contribution < 1.29 is 9.47 Å². The van der Waals surface area contributed by atoms with E-state index in [1.807, 2.05) is 18.1 Å². The quantitative estimate of drug-likeness (QED) is 0.880. The standard InChI is InChI=1S/C13H22N4O2/c1-14-9-12-15-10-17(16-12)11-2-5-19-13(8-11)3-6-18-7-4-13/h10-11,14H,2-9H2,1H3. The molecule has 3 heterocycles. The molecule has 1 unspecified atom stereocenters. The highest BCUT2D eigenvalue weighted by atomic mass is 16.5. The van der Waals surface area contributed by atoms with Gasteiger partial charge in [0.15, 0.2) is 5.82 Å². The SMILES string of the molecule is CNCc1ncn(C2CCOC3(CCOCC3)C2)n1. The largest absolute Gasteiger partial charge is 0.381 e. The molecular formula is C13H22N4O2. The molecule has 3 rings (SSSR count). The first-order valence-corrected chi connectivity index (χ1v) is 7.08. The molecule has 0 saturated carbocycles. The van der Waals surface area contributed by atoms with E-state index in [1.54, 1.807) is 0 Å². The lowest BCUT2D eigenvalue weighted by Gasteiger charge is -2.43. The Bertz CT molecular complexity index is 409. The molecule has 6 nitrogen and oxygen atoms in total. The lowest BCUT2D eigenvalue weighted by Crippen LogP contribution is -2.44. The van der Waals surface area contributed by atoms with Crippen LogP contribution >= 0.6 is 0 Å². The second-order valence-electron chi connectivity index (χ2n) is 5.46. The topological polar surface area (TPSA) is 61.2 Å². The van der Waals surface area contributed by atoms with Crippen molar-refractivity contribution in [2.45, 2.75) is 43.9 Å². The lowest BCUT2D eigenvalue weighted by molar-refractivity contribution is -0.145. The van der Waals surface area contributed by atoms with Gasteiger partial charge < -0.3 is 14.8 Å². The van der Waals surface area contributed by atoms with Crippen molar-refractivity contribution in [2.75, 3.05) is 26.9 Å². The number of ether oxygens (including phenoxy) is 2. The summed E-state index contributed by atoms with van der Waals surface area (Å²) in [5, 5.41) is 7.64. The maximum absolute atomic E-state index is 6.06. The fraction of sp³-hybridized carbons (Fsp3) is 0.846. The lowest BCUT2D eigenvalue weighted by atomic mass is 9.84. The number of nitrogens with zero attached hydrogens (tertiary/aromatic N) is 3. The Morgan fingerprint density at radius 1 is 1.42 bits per heavy atom. The van der Waals surface area contributed by atoms with Crippen molar-refractivity contribution in [3.8, 4) is 0 Å². The molecule has 2 saturated heterocycles. The summed E-state index contributed by atoms with van der Waals surface area (Å²) in [6.45, 7) is 3.16. The molecule has 0 aromatic carbocycles. The van der Waals surface area contributed by atoms with Crippen molar-refractivity contribution >= 4 is 0 Å². The summed E-state index contributed by atoms with van der Waals surface area (Å²) < 4.78 is 13.5. The van der Waals surface area contributed by atoms with E-state index in [-0.39, 0.29) is 5.60 Å². The minimum absolute atomic E-state index is 0.0102. The van der Waals surface area contributed by atoms with Crippen LogP contribution in [0.2, 0.25) is 0 Å². The Hall–Kier alpha value is -0.980. The molecule has 106 valence electrons. The van der Waals surface area contributed by atoms with Gasteiger partial charge in [-0.25, -0.2) is 9.67 Å². The maximum Gasteiger partial charge on any atom is 0.164 e. The van der Waals surface area contributed by atoms with E-state index in [9.17, 15) is 0 Å². The highest BCUT2D eigenvalue weighted by molar-refractivity contribution is 4.92. The van der Waals surface area contributed by atoms with Gasteiger partial charge >= 0.3 is 0 Å². The Morgan fingerprint density at radius 3 is 3.05 bits per heavy atom. The molecule has 1 atom stereocenters. The minimum Gasteiger partial charge on any atom is -0.381 e. The normalized spacial score (nSPS) is 26.7. The summed E-state index contributed by atoms with van der Waals surface area (Å²) in [5.74, 6) is 0.856. The minimum atomic E-state index is 0.0102. The van der Waals surface area contributed by atoms with Gasteiger partial charge in [0.2, 0.25) is 0 Å². The summed E-state index contributed by atoms with van der Waals surface area (Å²) in [6, 6.07) is 0.407. The van der Waals surface area contributed by atoms with Crippen LogP contribution in [-0.4, -0.2) is 47.2 Å². The Morgan fingerprint density at radius 2 is 2.26 bits per heavy atom. The van der Waals surface area contributed by atoms with Crippen molar-refractivity contribution in [3.63, 3.8) is 0 Å². The van der Waals surface area contributed by atoms with Gasteiger partial charge in [-0.3, -0.25) is 0 Å². The van der Waals surface area contributed by atoms with Crippen LogP contribution in [0.4, 0.5) is 0 Å². The second-order valence-corrected chi connectivity index (χ2v) is 5.46. The van der Waals surface area contributed by atoms with Crippen molar-refractivity contribution in [1.29, 1.82) is 0 Å². The number of nitrogens with one attached hydrogen (secondary N) is 1. The molecule has 19 heavy (non-hydrogen) atoms. The third-order valence-electron chi connectivity index (χ3n) is 4.14. The average Bonchev–Trinajstić information content (AvgIpc) is 2.89. The van der Waals surface area contributed by atoms with Crippen molar-refractivity contribution in [3.05, 3.63) is 12.2 Å². The molecule has 6 heteroatoms. The van der Waals surface area contributed by atoms with E-state index in [1.165, 1.54) is 0 Å². The van der Waals surface area contributed by atoms with Gasteiger partial charge in [0, 0.05) is 19.8 Å². The number of rotatable bonds is 3. The highest BCUT2D eigenvalue weighted by Crippen LogP contribution is 2.38. The summed E-state index contributed by atoms with van der Waals surface area (Å²) in [6.07, 6.45) is 5.91. The Kier molecular flexibility index (Phi) is 3.81. The zero-order valence-corrected chi connectivity index (χ0v) is 11.5. The van der Waals surface area contributed by atoms with Crippen LogP contribution in [-0.2, 0) is 16.0 Å². The summed E-state index contributed by atoms with van der Waals surface area (Å²) in [5.41, 5.74) is 0.0102. The summed E-state index contributed by atoms with van der Waals surface area (Å²) >= 11 is 0. The first kappa shape index (κ1) is 13.0. The molecule has 2 aliphatic heterocycles. The van der Waals surface area contributed by atoms with E-state index in [2.05, 4.69) is 15.4 Å². The van der Waals surface area contributed by atoms with Gasteiger partial charge in [0.1, 0.15) is 6.33 Å². The van der Waals surface area contributed by atoms with Crippen molar-refractivity contribution in [1.82, 2.24) is 20.1 Å². The van der Waals surface area contributed by atoms with Crippen LogP contribution in [0.1, 0.15) is 37.5 Å². The van der Waals surface area contributed by atoms with Crippen LogP contribution < -0.4 is 5.32 Å².